The van der Waals surface area contributed by atoms with Gasteiger partial charge in [0.15, 0.2) is 0 Å². The van der Waals surface area contributed by atoms with Gasteiger partial charge in [-0.15, -0.1) is 0 Å². The summed E-state index contributed by atoms with van der Waals surface area (Å²) in [6.45, 7) is -0.138. The summed E-state index contributed by atoms with van der Waals surface area (Å²) in [5.74, 6) is -0.463. The van der Waals surface area contributed by atoms with Gasteiger partial charge >= 0.3 is 6.03 Å². The molecule has 6 rings (SSSR count). The van der Waals surface area contributed by atoms with E-state index in [1.54, 1.807) is 12.3 Å². The summed E-state index contributed by atoms with van der Waals surface area (Å²) >= 11 is 0. The second-order valence-electron chi connectivity index (χ2n) is 8.98. The Morgan fingerprint density at radius 1 is 1.15 bits per heavy atom. The first kappa shape index (κ1) is 19.7. The Morgan fingerprint density at radius 2 is 1.97 bits per heavy atom. The molecule has 1 saturated heterocycles. The smallest absolute Gasteiger partial charge is 0.332 e. The first-order valence-electron chi connectivity index (χ1n) is 10.8. The molecule has 3 amide bonds. The highest BCUT2D eigenvalue weighted by Gasteiger charge is 2.63. The Morgan fingerprint density at radius 3 is 2.76 bits per heavy atom. The predicted molar refractivity (Wildman–Crippen MR) is 114 cm³/mol. The predicted octanol–water partition coefficient (Wildman–Crippen LogP) is 3.27. The van der Waals surface area contributed by atoms with Crippen molar-refractivity contribution in [3.63, 3.8) is 0 Å². The maximum absolute atomic E-state index is 13.7. The Balaban J connectivity index is 1.27. The molecule has 2 aliphatic carbocycles. The summed E-state index contributed by atoms with van der Waals surface area (Å²) in [5, 5.41) is 9.91. The molecule has 9 nitrogen and oxygen atoms in total. The number of hydrogen-bond acceptors (Lipinski definition) is 6. The minimum atomic E-state index is -0.663. The number of carbonyl (C=O) groups is 2. The summed E-state index contributed by atoms with van der Waals surface area (Å²) in [6, 6.07) is 7.05. The Labute approximate surface area is 187 Å². The number of hydrogen-bond donors (Lipinski definition) is 1. The highest BCUT2D eigenvalue weighted by molar-refractivity contribution is 6.13. The Kier molecular flexibility index (Phi) is 4.02. The van der Waals surface area contributed by atoms with Crippen LogP contribution in [-0.2, 0) is 4.79 Å². The number of fused-ring (bicyclic) bond motifs is 3. The molecule has 0 atom stereocenters. The molecule has 0 spiro atoms. The summed E-state index contributed by atoms with van der Waals surface area (Å²) in [6.07, 6.45) is 6.46. The number of imide groups is 1. The number of benzene rings is 1. The molecule has 2 bridgehead atoms. The van der Waals surface area contributed by atoms with Crippen LogP contribution in [0.2, 0.25) is 0 Å². The van der Waals surface area contributed by atoms with Crippen LogP contribution < -0.4 is 9.64 Å². The molecule has 33 heavy (non-hydrogen) atoms. The van der Waals surface area contributed by atoms with Gasteiger partial charge in [0.05, 0.1) is 16.5 Å². The van der Waals surface area contributed by atoms with Crippen LogP contribution in [0.5, 0.6) is 5.88 Å². The summed E-state index contributed by atoms with van der Waals surface area (Å²) in [7, 11) is 0. The number of nitriles is 1. The number of rotatable bonds is 4. The van der Waals surface area contributed by atoms with Crippen molar-refractivity contribution in [2.45, 2.75) is 43.2 Å². The van der Waals surface area contributed by atoms with E-state index in [-0.39, 0.29) is 18.0 Å². The SMILES string of the molecule is N#Cc1cc(N2CC(=O)N(C34CCC(Oc5ncnc6[nH]ccc56)(CC3)C4)C2=O)ccc1F. The zero-order valence-corrected chi connectivity index (χ0v) is 17.5. The third-order valence-corrected chi connectivity index (χ3v) is 7.20. The molecule has 2 aromatic heterocycles. The molecule has 1 aliphatic heterocycles. The number of aromatic nitrogens is 3. The van der Waals surface area contributed by atoms with Gasteiger partial charge in [-0.25, -0.2) is 19.2 Å². The van der Waals surface area contributed by atoms with Gasteiger partial charge in [-0.2, -0.15) is 5.26 Å². The third-order valence-electron chi connectivity index (χ3n) is 7.20. The molecule has 0 radical (unpaired) electrons. The van der Waals surface area contributed by atoms with Gasteiger partial charge in [0, 0.05) is 18.3 Å². The molecule has 166 valence electrons. The molecular weight excluding hydrogens is 427 g/mol. The Bertz CT molecular complexity index is 1350. The van der Waals surface area contributed by atoms with E-state index in [2.05, 4.69) is 15.0 Å². The highest BCUT2D eigenvalue weighted by Crippen LogP contribution is 2.56. The lowest BCUT2D eigenvalue weighted by atomic mass is 9.91. The van der Waals surface area contributed by atoms with Crippen LogP contribution in [0.4, 0.5) is 14.9 Å². The van der Waals surface area contributed by atoms with Crippen molar-refractivity contribution in [3.8, 4) is 11.9 Å². The van der Waals surface area contributed by atoms with E-state index in [0.717, 1.165) is 11.5 Å². The normalized spacial score (nSPS) is 26.4. The van der Waals surface area contributed by atoms with Gasteiger partial charge in [-0.1, -0.05) is 0 Å². The highest BCUT2D eigenvalue weighted by atomic mass is 19.1. The van der Waals surface area contributed by atoms with E-state index in [9.17, 15) is 14.0 Å². The number of carbonyl (C=O) groups excluding carboxylic acids is 2. The molecule has 3 fully saturated rings. The molecule has 1 N–H and O–H groups in total. The van der Waals surface area contributed by atoms with E-state index in [1.807, 2.05) is 6.07 Å². The van der Waals surface area contributed by atoms with Crippen molar-refractivity contribution in [3.05, 3.63) is 48.2 Å². The molecule has 3 heterocycles. The van der Waals surface area contributed by atoms with E-state index in [4.69, 9.17) is 10.00 Å². The van der Waals surface area contributed by atoms with Crippen LogP contribution in [0.1, 0.15) is 37.7 Å². The van der Waals surface area contributed by atoms with Gasteiger partial charge in [-0.05, 0) is 49.9 Å². The number of H-pyrrole nitrogens is 1. The van der Waals surface area contributed by atoms with Crippen molar-refractivity contribution in [2.75, 3.05) is 11.4 Å². The largest absolute Gasteiger partial charge is 0.470 e. The average Bonchev–Trinajstić information content (AvgIpc) is 3.57. The Hall–Kier alpha value is -4.00. The first-order valence-corrected chi connectivity index (χ1v) is 10.8. The number of nitrogens with one attached hydrogen (secondary N) is 1. The standard InChI is InChI=1S/C23H19FN6O3/c24-17-2-1-15(9-14(17)10-25)29-11-18(31)30(21(29)32)22-4-6-23(12-22,7-5-22)33-20-16-3-8-26-19(16)27-13-28-20/h1-3,8-9,13H,4-7,11-12H2,(H,26,27,28). The van der Waals surface area contributed by atoms with Crippen molar-refractivity contribution in [2.24, 2.45) is 0 Å². The van der Waals surface area contributed by atoms with E-state index < -0.39 is 23.0 Å². The lowest BCUT2D eigenvalue weighted by Gasteiger charge is -2.34. The molecule has 0 unspecified atom stereocenters. The maximum atomic E-state index is 13.7. The molecule has 3 aliphatic rings. The molecule has 10 heteroatoms. The van der Waals surface area contributed by atoms with Crippen LogP contribution in [0.25, 0.3) is 11.0 Å². The zero-order chi connectivity index (χ0) is 22.8. The summed E-state index contributed by atoms with van der Waals surface area (Å²) in [4.78, 5) is 40.6. The van der Waals surface area contributed by atoms with Crippen molar-refractivity contribution >= 4 is 28.7 Å². The van der Waals surface area contributed by atoms with Crippen LogP contribution in [0, 0.1) is 17.1 Å². The van der Waals surface area contributed by atoms with Crippen molar-refractivity contribution < 1.29 is 18.7 Å². The van der Waals surface area contributed by atoms with E-state index >= 15 is 0 Å². The number of nitrogens with zero attached hydrogens (tertiary/aromatic N) is 5. The average molecular weight is 446 g/mol. The van der Waals surface area contributed by atoms with E-state index in [1.165, 1.54) is 28.3 Å². The zero-order valence-electron chi connectivity index (χ0n) is 17.5. The fourth-order valence-electron chi connectivity index (χ4n) is 5.64. The number of anilines is 1. The third kappa shape index (κ3) is 2.81. The summed E-state index contributed by atoms with van der Waals surface area (Å²) < 4.78 is 20.2. The van der Waals surface area contributed by atoms with Gasteiger partial charge < -0.3 is 9.72 Å². The van der Waals surface area contributed by atoms with Gasteiger partial charge in [-0.3, -0.25) is 14.6 Å². The quantitative estimate of drug-likeness (QED) is 0.615. The molecule has 3 aromatic rings. The fraction of sp³-hybridized carbons (Fsp3) is 0.348. The van der Waals surface area contributed by atoms with Gasteiger partial charge in [0.25, 0.3) is 5.91 Å². The first-order chi connectivity index (χ1) is 15.9. The van der Waals surface area contributed by atoms with Crippen LogP contribution in [0.15, 0.2) is 36.8 Å². The second kappa shape index (κ2) is 6.75. The number of ether oxygens (including phenoxy) is 1. The monoisotopic (exact) mass is 446 g/mol. The number of urea groups is 1. The minimum absolute atomic E-state index is 0.138. The lowest BCUT2D eigenvalue weighted by molar-refractivity contribution is -0.129. The number of aromatic amines is 1. The minimum Gasteiger partial charge on any atom is -0.470 e. The fourth-order valence-corrected chi connectivity index (χ4v) is 5.64. The van der Waals surface area contributed by atoms with Crippen molar-refractivity contribution in [1.82, 2.24) is 19.9 Å². The molecular formula is C23H19FN6O3. The van der Waals surface area contributed by atoms with Gasteiger partial charge in [0.2, 0.25) is 5.88 Å². The topological polar surface area (TPSA) is 115 Å². The van der Waals surface area contributed by atoms with Gasteiger partial charge in [0.1, 0.15) is 36.0 Å². The van der Waals surface area contributed by atoms with Crippen LogP contribution >= 0.6 is 0 Å². The van der Waals surface area contributed by atoms with Crippen molar-refractivity contribution in [1.29, 1.82) is 5.26 Å². The lowest BCUT2D eigenvalue weighted by Crippen LogP contribution is -2.49. The summed E-state index contributed by atoms with van der Waals surface area (Å²) in [5.41, 5.74) is -0.268. The second-order valence-corrected chi connectivity index (χ2v) is 8.98. The van der Waals surface area contributed by atoms with E-state index in [0.29, 0.717) is 49.3 Å². The number of amides is 3. The molecule has 2 saturated carbocycles. The van der Waals surface area contributed by atoms with Crippen LogP contribution in [-0.4, -0.2) is 49.5 Å². The van der Waals surface area contributed by atoms with Crippen LogP contribution in [0.3, 0.4) is 0 Å². The number of halogens is 1. The maximum Gasteiger partial charge on any atom is 0.332 e. The molecule has 1 aromatic carbocycles.